The standard InChI is InChI=1S/C12H26N2O2S/c1-12(2,3)7-8-17(15,16)14-9-10-5-4-6-11(10)13/h10-11,14H,4-9,13H2,1-3H3. The molecule has 102 valence electrons. The highest BCUT2D eigenvalue weighted by atomic mass is 32.2. The van der Waals surface area contributed by atoms with Gasteiger partial charge in [-0.3, -0.25) is 0 Å². The highest BCUT2D eigenvalue weighted by Gasteiger charge is 2.25. The Bertz CT molecular complexity index is 333. The lowest BCUT2D eigenvalue weighted by Gasteiger charge is -2.19. The maximum atomic E-state index is 11.8. The molecular weight excluding hydrogens is 236 g/mol. The van der Waals surface area contributed by atoms with E-state index < -0.39 is 10.0 Å². The zero-order valence-electron chi connectivity index (χ0n) is 11.2. The van der Waals surface area contributed by atoms with E-state index in [1.54, 1.807) is 0 Å². The Balaban J connectivity index is 2.34. The van der Waals surface area contributed by atoms with Gasteiger partial charge in [0.15, 0.2) is 0 Å². The van der Waals surface area contributed by atoms with Crippen molar-refractivity contribution < 1.29 is 8.42 Å². The second-order valence-electron chi connectivity index (χ2n) is 6.33. The van der Waals surface area contributed by atoms with E-state index in [1.165, 1.54) is 0 Å². The smallest absolute Gasteiger partial charge is 0.211 e. The summed E-state index contributed by atoms with van der Waals surface area (Å²) in [7, 11) is -3.13. The van der Waals surface area contributed by atoms with Crippen molar-refractivity contribution in [1.82, 2.24) is 4.72 Å². The summed E-state index contributed by atoms with van der Waals surface area (Å²) in [6.07, 6.45) is 3.87. The van der Waals surface area contributed by atoms with Crippen LogP contribution in [0.15, 0.2) is 0 Å². The van der Waals surface area contributed by atoms with Gasteiger partial charge >= 0.3 is 0 Å². The molecule has 0 radical (unpaired) electrons. The molecule has 0 bridgehead atoms. The van der Waals surface area contributed by atoms with Crippen LogP contribution in [0.4, 0.5) is 0 Å². The molecule has 0 amide bonds. The molecule has 0 aromatic heterocycles. The molecule has 5 heteroatoms. The molecule has 3 N–H and O–H groups in total. The van der Waals surface area contributed by atoms with Gasteiger partial charge in [0.05, 0.1) is 5.75 Å². The lowest BCUT2D eigenvalue weighted by Crippen LogP contribution is -2.37. The highest BCUT2D eigenvalue weighted by Crippen LogP contribution is 2.23. The van der Waals surface area contributed by atoms with Crippen LogP contribution >= 0.6 is 0 Å². The Kier molecular flexibility index (Phi) is 4.98. The van der Waals surface area contributed by atoms with Crippen molar-refractivity contribution in [2.75, 3.05) is 12.3 Å². The van der Waals surface area contributed by atoms with E-state index in [0.29, 0.717) is 18.9 Å². The van der Waals surface area contributed by atoms with Crippen molar-refractivity contribution in [2.45, 2.75) is 52.5 Å². The first-order valence-corrected chi connectivity index (χ1v) is 8.08. The van der Waals surface area contributed by atoms with Crippen LogP contribution in [0.3, 0.4) is 0 Å². The van der Waals surface area contributed by atoms with Crippen molar-refractivity contribution in [3.05, 3.63) is 0 Å². The van der Waals surface area contributed by atoms with Crippen LogP contribution in [0.1, 0.15) is 46.5 Å². The van der Waals surface area contributed by atoms with E-state index in [1.807, 2.05) is 0 Å². The number of hydrogen-bond donors (Lipinski definition) is 2. The molecule has 0 aliphatic heterocycles. The van der Waals surface area contributed by atoms with Crippen molar-refractivity contribution in [2.24, 2.45) is 17.1 Å². The number of hydrogen-bond acceptors (Lipinski definition) is 3. The van der Waals surface area contributed by atoms with E-state index in [0.717, 1.165) is 19.3 Å². The summed E-state index contributed by atoms with van der Waals surface area (Å²) in [4.78, 5) is 0. The summed E-state index contributed by atoms with van der Waals surface area (Å²) < 4.78 is 26.3. The largest absolute Gasteiger partial charge is 0.327 e. The van der Waals surface area contributed by atoms with Gasteiger partial charge in [0.1, 0.15) is 0 Å². The second kappa shape index (κ2) is 5.67. The summed E-state index contributed by atoms with van der Waals surface area (Å²) >= 11 is 0. The monoisotopic (exact) mass is 262 g/mol. The molecule has 1 fully saturated rings. The van der Waals surface area contributed by atoms with Crippen molar-refractivity contribution in [3.63, 3.8) is 0 Å². The predicted molar refractivity (Wildman–Crippen MR) is 71.2 cm³/mol. The van der Waals surface area contributed by atoms with Gasteiger partial charge in [-0.1, -0.05) is 27.2 Å². The lowest BCUT2D eigenvalue weighted by atomic mass is 9.94. The van der Waals surface area contributed by atoms with E-state index in [4.69, 9.17) is 5.73 Å². The molecule has 2 unspecified atom stereocenters. The summed E-state index contributed by atoms with van der Waals surface area (Å²) in [5.74, 6) is 0.526. The van der Waals surface area contributed by atoms with E-state index in [9.17, 15) is 8.42 Å². The fourth-order valence-corrected chi connectivity index (χ4v) is 3.56. The third-order valence-electron chi connectivity index (χ3n) is 3.40. The molecule has 0 aromatic carbocycles. The molecular formula is C12H26N2O2S. The van der Waals surface area contributed by atoms with Crippen LogP contribution in [-0.4, -0.2) is 26.8 Å². The molecule has 0 spiro atoms. The summed E-state index contributed by atoms with van der Waals surface area (Å²) in [6, 6.07) is 0.167. The Hall–Kier alpha value is -0.130. The third kappa shape index (κ3) is 5.84. The first kappa shape index (κ1) is 14.9. The average Bonchev–Trinajstić information content (AvgIpc) is 2.58. The van der Waals surface area contributed by atoms with Gasteiger partial charge in [0.2, 0.25) is 10.0 Å². The molecule has 0 aromatic rings. The molecule has 4 nitrogen and oxygen atoms in total. The minimum Gasteiger partial charge on any atom is -0.327 e. The molecule has 1 rings (SSSR count). The van der Waals surface area contributed by atoms with Crippen molar-refractivity contribution >= 4 is 10.0 Å². The quantitative estimate of drug-likeness (QED) is 0.788. The molecule has 0 saturated heterocycles. The van der Waals surface area contributed by atoms with Gasteiger partial charge in [-0.05, 0) is 30.6 Å². The first-order valence-electron chi connectivity index (χ1n) is 6.42. The van der Waals surface area contributed by atoms with Crippen molar-refractivity contribution in [3.8, 4) is 0 Å². The maximum Gasteiger partial charge on any atom is 0.211 e. The molecule has 17 heavy (non-hydrogen) atoms. The summed E-state index contributed by atoms with van der Waals surface area (Å²) in [5.41, 5.74) is 5.97. The van der Waals surface area contributed by atoms with Crippen LogP contribution in [0, 0.1) is 11.3 Å². The van der Waals surface area contributed by atoms with Crippen LogP contribution in [0.2, 0.25) is 0 Å². The average molecular weight is 262 g/mol. The minimum absolute atomic E-state index is 0.0541. The Morgan fingerprint density at radius 1 is 1.29 bits per heavy atom. The summed E-state index contributed by atoms with van der Waals surface area (Å²) in [6.45, 7) is 6.66. The van der Waals surface area contributed by atoms with Gasteiger partial charge in [-0.15, -0.1) is 0 Å². The number of sulfonamides is 1. The van der Waals surface area contributed by atoms with Gasteiger partial charge in [-0.25, -0.2) is 13.1 Å². The van der Waals surface area contributed by atoms with Crippen LogP contribution < -0.4 is 10.5 Å². The molecule has 0 heterocycles. The fraction of sp³-hybridized carbons (Fsp3) is 1.00. The van der Waals surface area contributed by atoms with Crippen LogP contribution in [0.5, 0.6) is 0 Å². The topological polar surface area (TPSA) is 72.2 Å². The maximum absolute atomic E-state index is 11.8. The molecule has 1 aliphatic carbocycles. The van der Waals surface area contributed by atoms with Crippen LogP contribution in [0.25, 0.3) is 0 Å². The molecule has 1 aliphatic rings. The number of rotatable bonds is 5. The van der Waals surface area contributed by atoms with Gasteiger partial charge in [-0.2, -0.15) is 0 Å². The Labute approximate surface area is 105 Å². The zero-order valence-corrected chi connectivity index (χ0v) is 12.0. The fourth-order valence-electron chi connectivity index (χ4n) is 2.07. The van der Waals surface area contributed by atoms with Gasteiger partial charge < -0.3 is 5.73 Å². The Morgan fingerprint density at radius 3 is 2.41 bits per heavy atom. The van der Waals surface area contributed by atoms with E-state index >= 15 is 0 Å². The van der Waals surface area contributed by atoms with Gasteiger partial charge in [0.25, 0.3) is 0 Å². The third-order valence-corrected chi connectivity index (χ3v) is 4.75. The van der Waals surface area contributed by atoms with Gasteiger partial charge in [0, 0.05) is 12.6 Å². The molecule has 1 saturated carbocycles. The SMILES string of the molecule is CC(C)(C)CCS(=O)(=O)NCC1CCCC1N. The lowest BCUT2D eigenvalue weighted by molar-refractivity contribution is 0.395. The Morgan fingerprint density at radius 2 is 1.94 bits per heavy atom. The number of nitrogens with two attached hydrogens (primary N) is 1. The van der Waals surface area contributed by atoms with Crippen LogP contribution in [-0.2, 0) is 10.0 Å². The van der Waals surface area contributed by atoms with Crippen molar-refractivity contribution in [1.29, 1.82) is 0 Å². The highest BCUT2D eigenvalue weighted by molar-refractivity contribution is 7.89. The normalized spacial score (nSPS) is 26.4. The van der Waals surface area contributed by atoms with E-state index in [2.05, 4.69) is 25.5 Å². The van der Waals surface area contributed by atoms with E-state index in [-0.39, 0.29) is 17.2 Å². The number of nitrogens with one attached hydrogen (secondary N) is 1. The zero-order chi connectivity index (χ0) is 13.1. The summed E-state index contributed by atoms with van der Waals surface area (Å²) in [5, 5.41) is 0. The predicted octanol–water partition coefficient (Wildman–Crippen LogP) is 1.47. The minimum atomic E-state index is -3.13. The second-order valence-corrected chi connectivity index (χ2v) is 8.26. The first-order chi connectivity index (χ1) is 7.70. The molecule has 2 atom stereocenters.